The molecule has 0 unspecified atom stereocenters. The zero-order chi connectivity index (χ0) is 17.2. The van der Waals surface area contributed by atoms with Crippen molar-refractivity contribution < 1.29 is 4.74 Å². The number of guanidine groups is 1. The normalized spacial score (nSPS) is 20.0. The second-order valence-corrected chi connectivity index (χ2v) is 7.23. The Morgan fingerprint density at radius 3 is 2.60 bits per heavy atom. The van der Waals surface area contributed by atoms with Gasteiger partial charge >= 0.3 is 0 Å². The van der Waals surface area contributed by atoms with Crippen LogP contribution in [0.15, 0.2) is 4.99 Å². The number of hydrogen-bond donors (Lipinski definition) is 1. The zero-order valence-corrected chi connectivity index (χ0v) is 18.3. The summed E-state index contributed by atoms with van der Waals surface area (Å²) in [5.41, 5.74) is 3.97. The van der Waals surface area contributed by atoms with E-state index >= 15 is 0 Å². The van der Waals surface area contributed by atoms with E-state index in [2.05, 4.69) is 36.1 Å². The van der Waals surface area contributed by atoms with Crippen LogP contribution >= 0.6 is 24.0 Å². The van der Waals surface area contributed by atoms with Crippen LogP contribution in [-0.4, -0.2) is 53.5 Å². The summed E-state index contributed by atoms with van der Waals surface area (Å²) in [6.45, 7) is 11.9. The number of halogens is 1. The lowest BCUT2D eigenvalue weighted by molar-refractivity contribution is 0.0217. The van der Waals surface area contributed by atoms with Gasteiger partial charge in [0.25, 0.3) is 0 Å². The summed E-state index contributed by atoms with van der Waals surface area (Å²) in [7, 11) is 2.00. The number of aliphatic imine (C=N–C) groups is 1. The number of nitrogens with one attached hydrogen (secondary N) is 1. The van der Waals surface area contributed by atoms with Crippen LogP contribution in [-0.2, 0) is 18.3 Å². The van der Waals surface area contributed by atoms with Crippen LogP contribution in [0.4, 0.5) is 0 Å². The highest BCUT2D eigenvalue weighted by Gasteiger charge is 2.40. The van der Waals surface area contributed by atoms with Gasteiger partial charge in [0.05, 0.1) is 12.2 Å². The molecule has 3 rings (SSSR count). The van der Waals surface area contributed by atoms with Gasteiger partial charge in [-0.15, -0.1) is 24.0 Å². The predicted octanol–water partition coefficient (Wildman–Crippen LogP) is 2.62. The van der Waals surface area contributed by atoms with Gasteiger partial charge in [0, 0.05) is 51.2 Å². The molecule has 2 saturated heterocycles. The van der Waals surface area contributed by atoms with Gasteiger partial charge in [-0.3, -0.25) is 4.68 Å². The summed E-state index contributed by atoms with van der Waals surface area (Å²) < 4.78 is 7.50. The maximum atomic E-state index is 5.56. The third-order valence-corrected chi connectivity index (χ3v) is 5.67. The molecule has 25 heavy (non-hydrogen) atoms. The minimum atomic E-state index is 0. The fraction of sp³-hybridized carbons (Fsp3) is 0.778. The van der Waals surface area contributed by atoms with Gasteiger partial charge in [-0.1, -0.05) is 0 Å². The first-order valence-corrected chi connectivity index (χ1v) is 9.15. The lowest BCUT2D eigenvalue weighted by atomic mass is 9.80. The molecule has 142 valence electrons. The lowest BCUT2D eigenvalue weighted by Gasteiger charge is -2.33. The summed E-state index contributed by atoms with van der Waals surface area (Å²) in [6, 6.07) is 0. The number of rotatable bonds is 3. The Kier molecular flexibility index (Phi) is 7.13. The topological polar surface area (TPSA) is 54.7 Å². The number of aryl methyl sites for hydroxylation is 2. The predicted molar refractivity (Wildman–Crippen MR) is 112 cm³/mol. The van der Waals surface area contributed by atoms with E-state index in [1.807, 2.05) is 11.7 Å². The van der Waals surface area contributed by atoms with Gasteiger partial charge in [0.2, 0.25) is 0 Å². The largest absolute Gasteiger partial charge is 0.381 e. The summed E-state index contributed by atoms with van der Waals surface area (Å²) in [5, 5.41) is 7.98. The maximum absolute atomic E-state index is 5.56. The molecule has 0 atom stereocenters. The molecule has 0 saturated carbocycles. The Morgan fingerprint density at radius 1 is 1.28 bits per heavy atom. The van der Waals surface area contributed by atoms with Crippen molar-refractivity contribution in [3.63, 3.8) is 0 Å². The van der Waals surface area contributed by atoms with E-state index in [9.17, 15) is 0 Å². The van der Waals surface area contributed by atoms with Crippen molar-refractivity contribution >= 4 is 29.9 Å². The van der Waals surface area contributed by atoms with Crippen LogP contribution in [0, 0.1) is 19.3 Å². The van der Waals surface area contributed by atoms with Crippen molar-refractivity contribution in [1.29, 1.82) is 0 Å². The van der Waals surface area contributed by atoms with E-state index in [4.69, 9.17) is 9.73 Å². The molecule has 6 nitrogen and oxygen atoms in total. The van der Waals surface area contributed by atoms with Gasteiger partial charge in [-0.2, -0.15) is 5.10 Å². The Balaban J connectivity index is 0.00000225. The van der Waals surface area contributed by atoms with E-state index in [0.717, 1.165) is 44.5 Å². The molecule has 2 aliphatic rings. The van der Waals surface area contributed by atoms with Crippen molar-refractivity contribution in [3.05, 3.63) is 17.0 Å². The number of hydrogen-bond acceptors (Lipinski definition) is 3. The van der Waals surface area contributed by atoms with Crippen LogP contribution in [0.5, 0.6) is 0 Å². The molecule has 0 radical (unpaired) electrons. The second-order valence-electron chi connectivity index (χ2n) is 7.23. The minimum Gasteiger partial charge on any atom is -0.381 e. The molecule has 0 aliphatic carbocycles. The van der Waals surface area contributed by atoms with Crippen LogP contribution < -0.4 is 5.32 Å². The number of aromatic nitrogens is 2. The molecule has 1 aromatic rings. The van der Waals surface area contributed by atoms with E-state index in [1.165, 1.54) is 30.5 Å². The molecule has 2 aliphatic heterocycles. The average Bonchev–Trinajstić information content (AvgIpc) is 3.07. The quantitative estimate of drug-likeness (QED) is 0.427. The van der Waals surface area contributed by atoms with E-state index in [0.29, 0.717) is 12.0 Å². The van der Waals surface area contributed by atoms with Crippen LogP contribution in [0.25, 0.3) is 0 Å². The summed E-state index contributed by atoms with van der Waals surface area (Å²) in [6.07, 6.45) is 3.62. The van der Waals surface area contributed by atoms with Gasteiger partial charge < -0.3 is 15.0 Å². The highest BCUT2D eigenvalue weighted by atomic mass is 127. The van der Waals surface area contributed by atoms with Crippen molar-refractivity contribution in [2.45, 2.75) is 46.6 Å². The molecule has 1 N–H and O–H groups in total. The first-order chi connectivity index (χ1) is 11.5. The molecular formula is C18H32IN5O. The summed E-state index contributed by atoms with van der Waals surface area (Å²) in [4.78, 5) is 7.37. The summed E-state index contributed by atoms with van der Waals surface area (Å²) in [5.74, 6) is 1.04. The first-order valence-electron chi connectivity index (χ1n) is 9.15. The third kappa shape index (κ3) is 4.48. The average molecular weight is 461 g/mol. The Hall–Kier alpha value is -0.830. The molecular weight excluding hydrogens is 429 g/mol. The second kappa shape index (κ2) is 8.70. The number of nitrogens with zero attached hydrogens (tertiary/aromatic N) is 4. The highest BCUT2D eigenvalue weighted by molar-refractivity contribution is 14.0. The maximum Gasteiger partial charge on any atom is 0.194 e. The molecule has 3 heterocycles. The molecule has 1 aromatic heterocycles. The van der Waals surface area contributed by atoms with Crippen LogP contribution in [0.3, 0.4) is 0 Å². The third-order valence-electron chi connectivity index (χ3n) is 5.67. The Bertz CT molecular complexity index is 607. The van der Waals surface area contributed by atoms with E-state index < -0.39 is 0 Å². The van der Waals surface area contributed by atoms with Gasteiger partial charge in [0.15, 0.2) is 5.96 Å². The first kappa shape index (κ1) is 20.5. The molecule has 0 aromatic carbocycles. The van der Waals surface area contributed by atoms with Crippen molar-refractivity contribution in [2.75, 3.05) is 32.8 Å². The standard InChI is InChI=1S/C18H31N5O.HI/c1-5-19-17(20-12-16-14(2)21-22(4)15(16)3)23-9-6-18(13-23)7-10-24-11-8-18;/h5-13H2,1-4H3,(H,19,20);1H. The van der Waals surface area contributed by atoms with Crippen molar-refractivity contribution in [3.8, 4) is 0 Å². The minimum absolute atomic E-state index is 0. The Morgan fingerprint density at radius 2 is 2.00 bits per heavy atom. The van der Waals surface area contributed by atoms with Crippen LogP contribution in [0.2, 0.25) is 0 Å². The zero-order valence-electron chi connectivity index (χ0n) is 16.0. The van der Waals surface area contributed by atoms with Crippen molar-refractivity contribution in [2.24, 2.45) is 17.5 Å². The van der Waals surface area contributed by atoms with Crippen molar-refractivity contribution in [1.82, 2.24) is 20.0 Å². The summed E-state index contributed by atoms with van der Waals surface area (Å²) >= 11 is 0. The monoisotopic (exact) mass is 461 g/mol. The van der Waals surface area contributed by atoms with E-state index in [-0.39, 0.29) is 24.0 Å². The number of likely N-dealkylation sites (tertiary alicyclic amines) is 1. The van der Waals surface area contributed by atoms with Gasteiger partial charge in [-0.25, -0.2) is 4.99 Å². The molecule has 7 heteroatoms. The lowest BCUT2D eigenvalue weighted by Crippen LogP contribution is -2.42. The fourth-order valence-electron chi connectivity index (χ4n) is 3.95. The molecule has 0 amide bonds. The molecule has 2 fully saturated rings. The molecule has 0 bridgehead atoms. The fourth-order valence-corrected chi connectivity index (χ4v) is 3.95. The highest BCUT2D eigenvalue weighted by Crippen LogP contribution is 2.39. The van der Waals surface area contributed by atoms with Gasteiger partial charge in [-0.05, 0) is 45.4 Å². The SMILES string of the molecule is CCNC(=NCc1c(C)nn(C)c1C)N1CCC2(CCOCC2)C1.I. The molecule has 1 spiro atoms. The Labute approximate surface area is 168 Å². The smallest absolute Gasteiger partial charge is 0.194 e. The number of ether oxygens (including phenoxy) is 1. The van der Waals surface area contributed by atoms with Gasteiger partial charge in [0.1, 0.15) is 0 Å². The van der Waals surface area contributed by atoms with E-state index in [1.54, 1.807) is 0 Å². The van der Waals surface area contributed by atoms with Crippen LogP contribution in [0.1, 0.15) is 43.1 Å².